The Morgan fingerprint density at radius 1 is 0.250 bits per heavy atom. The second kappa shape index (κ2) is 17.7. The Balaban J connectivity index is 1.04. The van der Waals surface area contributed by atoms with E-state index in [-0.39, 0.29) is 0 Å². The Labute approximate surface area is 446 Å². The zero-order valence-electron chi connectivity index (χ0n) is 43.3. The van der Waals surface area contributed by atoms with Crippen LogP contribution in [-0.4, -0.2) is 0 Å². The van der Waals surface area contributed by atoms with E-state index >= 15 is 0 Å². The van der Waals surface area contributed by atoms with Gasteiger partial charge >= 0.3 is 0 Å². The molecule has 0 atom stereocenters. The molecule has 0 unspecified atom stereocenters. The van der Waals surface area contributed by atoms with Gasteiger partial charge in [-0.1, -0.05) is 210 Å². The van der Waals surface area contributed by atoms with Crippen molar-refractivity contribution in [2.45, 2.75) is 38.5 Å². The van der Waals surface area contributed by atoms with Crippen LogP contribution in [0.25, 0.3) is 77.2 Å². The summed E-state index contributed by atoms with van der Waals surface area (Å²) in [5, 5.41) is 5.00. The summed E-state index contributed by atoms with van der Waals surface area (Å²) in [6.07, 6.45) is 0. The SMILES string of the molecule is CC1(C)c2cc(-c3ccc4ccccc4c3)ccc2-c2c(N(c3ccccc3)c3ccccc3)ccc(-c3ccc(N(c4ccccc4)c4ccccc4)c4c3C(C)(C)c3cc(-c5ccc6ccccc6c5)ccc3-4)c21. The van der Waals surface area contributed by atoms with Gasteiger partial charge in [-0.25, -0.2) is 0 Å². The van der Waals surface area contributed by atoms with E-state index in [0.29, 0.717) is 0 Å². The maximum atomic E-state index is 2.49. The van der Waals surface area contributed by atoms with E-state index in [2.05, 4.69) is 304 Å². The Kier molecular flexibility index (Phi) is 10.6. The molecule has 0 aromatic heterocycles. The fourth-order valence-electron chi connectivity index (χ4n) is 12.9. The lowest BCUT2D eigenvalue weighted by molar-refractivity contribution is 0.655. The van der Waals surface area contributed by atoms with E-state index in [9.17, 15) is 0 Å². The topological polar surface area (TPSA) is 6.48 Å². The minimum absolute atomic E-state index is 0.396. The highest BCUT2D eigenvalue weighted by Gasteiger charge is 2.45. The fourth-order valence-corrected chi connectivity index (χ4v) is 12.9. The number of hydrogen-bond acceptors (Lipinski definition) is 2. The molecule has 362 valence electrons. The van der Waals surface area contributed by atoms with Gasteiger partial charge in [-0.15, -0.1) is 0 Å². The van der Waals surface area contributed by atoms with Gasteiger partial charge in [0.2, 0.25) is 0 Å². The van der Waals surface area contributed by atoms with Crippen LogP contribution in [0.15, 0.2) is 267 Å². The van der Waals surface area contributed by atoms with E-state index in [1.807, 2.05) is 0 Å². The molecule has 76 heavy (non-hydrogen) atoms. The van der Waals surface area contributed by atoms with E-state index < -0.39 is 10.8 Å². The second-order valence-electron chi connectivity index (χ2n) is 21.7. The van der Waals surface area contributed by atoms with Gasteiger partial charge in [0.1, 0.15) is 0 Å². The van der Waals surface area contributed by atoms with E-state index in [4.69, 9.17) is 0 Å². The summed E-state index contributed by atoms with van der Waals surface area (Å²) in [4.78, 5) is 4.93. The van der Waals surface area contributed by atoms with Gasteiger partial charge < -0.3 is 9.80 Å². The highest BCUT2D eigenvalue weighted by molar-refractivity contribution is 6.04. The lowest BCUT2D eigenvalue weighted by Crippen LogP contribution is -2.20. The molecule has 0 aliphatic heterocycles. The molecule has 2 aliphatic rings. The number of anilines is 6. The maximum Gasteiger partial charge on any atom is 0.0543 e. The first kappa shape index (κ1) is 45.4. The predicted octanol–water partition coefficient (Wildman–Crippen LogP) is 20.5. The maximum absolute atomic E-state index is 2.49. The summed E-state index contributed by atoms with van der Waals surface area (Å²) in [6.45, 7) is 9.84. The van der Waals surface area contributed by atoms with Gasteiger partial charge in [-0.2, -0.15) is 0 Å². The van der Waals surface area contributed by atoms with Crippen molar-refractivity contribution in [3.8, 4) is 55.6 Å². The van der Waals surface area contributed by atoms with Crippen LogP contribution in [0.1, 0.15) is 49.9 Å². The number of rotatable bonds is 9. The third-order valence-electron chi connectivity index (χ3n) is 16.5. The fraction of sp³-hybridized carbons (Fsp3) is 0.0811. The minimum atomic E-state index is -0.396. The summed E-state index contributed by atoms with van der Waals surface area (Å²) in [5.41, 5.74) is 23.9. The molecule has 0 fully saturated rings. The van der Waals surface area contributed by atoms with Crippen molar-refractivity contribution in [3.63, 3.8) is 0 Å². The molecule has 12 aromatic rings. The van der Waals surface area contributed by atoms with Crippen LogP contribution < -0.4 is 9.80 Å². The Morgan fingerprint density at radius 2 is 0.539 bits per heavy atom. The number of benzene rings is 12. The van der Waals surface area contributed by atoms with Crippen LogP contribution in [0.4, 0.5) is 34.1 Å². The third kappa shape index (κ3) is 7.23. The van der Waals surface area contributed by atoms with Crippen LogP contribution in [0.5, 0.6) is 0 Å². The molecular formula is C74H56N2. The van der Waals surface area contributed by atoms with Crippen molar-refractivity contribution in [3.05, 3.63) is 289 Å². The van der Waals surface area contributed by atoms with Crippen molar-refractivity contribution in [1.29, 1.82) is 0 Å². The average molecular weight is 973 g/mol. The summed E-state index contributed by atoms with van der Waals surface area (Å²) >= 11 is 0. The lowest BCUT2D eigenvalue weighted by atomic mass is 9.74. The highest BCUT2D eigenvalue weighted by Crippen LogP contribution is 2.62. The van der Waals surface area contributed by atoms with Gasteiger partial charge in [0.15, 0.2) is 0 Å². The Bertz CT molecular complexity index is 3860. The molecule has 0 saturated heterocycles. The summed E-state index contributed by atoms with van der Waals surface area (Å²) in [7, 11) is 0. The number of nitrogens with zero attached hydrogens (tertiary/aromatic N) is 2. The van der Waals surface area contributed by atoms with E-state index in [1.165, 1.54) is 99.4 Å². The van der Waals surface area contributed by atoms with Crippen LogP contribution in [-0.2, 0) is 10.8 Å². The molecule has 0 heterocycles. The molecule has 2 nitrogen and oxygen atoms in total. The molecule has 0 bridgehead atoms. The first-order chi connectivity index (χ1) is 37.2. The standard InChI is InChI=1S/C74H56N2/c1-73(2)65-47-55(53-35-33-49-21-17-19-23-51(49)45-53)37-39-63(65)69-67(75(57-25-9-5-10-26-57)58-27-11-6-12-28-58)43-41-61(71(69)73)62-42-44-68(76(59-29-13-7-14-30-59)60-31-15-8-16-32-60)70-64-40-38-56(48-66(64)74(3,4)72(62)70)54-36-34-50-22-18-20-24-52(50)46-54/h5-48H,1-4H3. The van der Waals surface area contributed by atoms with Gasteiger partial charge in [-0.05, 0) is 173 Å². The van der Waals surface area contributed by atoms with E-state index in [1.54, 1.807) is 0 Å². The molecule has 0 spiro atoms. The average Bonchev–Trinajstić information content (AvgIpc) is 4.02. The quantitative estimate of drug-likeness (QED) is 0.142. The van der Waals surface area contributed by atoms with Crippen molar-refractivity contribution in [1.82, 2.24) is 0 Å². The van der Waals surface area contributed by atoms with Crippen molar-refractivity contribution >= 4 is 55.7 Å². The number of hydrogen-bond donors (Lipinski definition) is 0. The van der Waals surface area contributed by atoms with E-state index in [0.717, 1.165) is 34.1 Å². The lowest BCUT2D eigenvalue weighted by Gasteiger charge is -2.33. The zero-order valence-corrected chi connectivity index (χ0v) is 43.3. The molecule has 0 radical (unpaired) electrons. The Hall–Kier alpha value is -9.24. The van der Waals surface area contributed by atoms with Crippen LogP contribution in [0, 0.1) is 0 Å². The highest BCUT2D eigenvalue weighted by atomic mass is 15.2. The summed E-state index contributed by atoms with van der Waals surface area (Å²) < 4.78 is 0. The predicted molar refractivity (Wildman–Crippen MR) is 322 cm³/mol. The normalized spacial score (nSPS) is 13.5. The van der Waals surface area contributed by atoms with Gasteiger partial charge in [-0.3, -0.25) is 0 Å². The number of para-hydroxylation sites is 4. The molecule has 0 amide bonds. The zero-order chi connectivity index (χ0) is 51.1. The van der Waals surface area contributed by atoms with Crippen LogP contribution in [0.2, 0.25) is 0 Å². The molecule has 12 aromatic carbocycles. The van der Waals surface area contributed by atoms with Gasteiger partial charge in [0.05, 0.1) is 11.4 Å². The summed E-state index contributed by atoms with van der Waals surface area (Å²) in [5.74, 6) is 0. The molecular weight excluding hydrogens is 917 g/mol. The van der Waals surface area contributed by atoms with Crippen molar-refractivity contribution in [2.75, 3.05) is 9.80 Å². The monoisotopic (exact) mass is 972 g/mol. The van der Waals surface area contributed by atoms with Crippen molar-refractivity contribution < 1.29 is 0 Å². The van der Waals surface area contributed by atoms with Gasteiger partial charge in [0, 0.05) is 44.7 Å². The molecule has 0 N–H and O–H groups in total. The second-order valence-corrected chi connectivity index (χ2v) is 21.7. The van der Waals surface area contributed by atoms with Crippen LogP contribution >= 0.6 is 0 Å². The smallest absolute Gasteiger partial charge is 0.0543 e. The Morgan fingerprint density at radius 3 is 0.895 bits per heavy atom. The third-order valence-corrected chi connectivity index (χ3v) is 16.5. The molecule has 14 rings (SSSR count). The molecule has 2 aliphatic carbocycles. The minimum Gasteiger partial charge on any atom is -0.310 e. The molecule has 0 saturated carbocycles. The first-order valence-corrected chi connectivity index (χ1v) is 26.7. The van der Waals surface area contributed by atoms with Crippen LogP contribution in [0.3, 0.4) is 0 Å². The van der Waals surface area contributed by atoms with Gasteiger partial charge in [0.25, 0.3) is 0 Å². The largest absolute Gasteiger partial charge is 0.310 e. The summed E-state index contributed by atoms with van der Waals surface area (Å²) in [6, 6.07) is 98.9. The molecule has 2 heteroatoms. The number of fused-ring (bicyclic) bond motifs is 8. The van der Waals surface area contributed by atoms with Crippen molar-refractivity contribution in [2.24, 2.45) is 0 Å². The first-order valence-electron chi connectivity index (χ1n) is 26.7.